The summed E-state index contributed by atoms with van der Waals surface area (Å²) in [7, 11) is 0. The number of hydrogen-bond acceptors (Lipinski definition) is 5. The average Bonchev–Trinajstić information content (AvgIpc) is 3.12. The number of benzene rings is 2. The maximum atomic E-state index is 11.4. The molecule has 0 radical (unpaired) electrons. The van der Waals surface area contributed by atoms with Crippen LogP contribution in [-0.4, -0.2) is 39.9 Å². The van der Waals surface area contributed by atoms with E-state index in [4.69, 9.17) is 0 Å². The van der Waals surface area contributed by atoms with E-state index in [1.165, 1.54) is 0 Å². The monoisotopic (exact) mass is 347 g/mol. The molecule has 1 atom stereocenters. The Labute approximate surface area is 152 Å². The molecular formula is C20H21N5O. The maximum Gasteiger partial charge on any atom is 0.227 e. The highest BCUT2D eigenvalue weighted by Crippen LogP contribution is 2.21. The van der Waals surface area contributed by atoms with Gasteiger partial charge in [-0.3, -0.25) is 4.79 Å². The first kappa shape index (κ1) is 16.3. The van der Waals surface area contributed by atoms with Crippen molar-refractivity contribution in [2.75, 3.05) is 23.7 Å². The molecule has 1 saturated heterocycles. The van der Waals surface area contributed by atoms with Crippen molar-refractivity contribution in [1.82, 2.24) is 14.9 Å². The van der Waals surface area contributed by atoms with Gasteiger partial charge in [-0.1, -0.05) is 18.2 Å². The van der Waals surface area contributed by atoms with Gasteiger partial charge < -0.3 is 15.5 Å². The number of para-hydroxylation sites is 1. The van der Waals surface area contributed by atoms with Crippen LogP contribution in [0.3, 0.4) is 0 Å². The number of carbonyl (C=O) groups excluding carboxylic acids is 1. The Balaban J connectivity index is 1.40. The van der Waals surface area contributed by atoms with Crippen LogP contribution in [0.4, 0.5) is 17.3 Å². The van der Waals surface area contributed by atoms with E-state index in [0.29, 0.717) is 12.0 Å². The minimum absolute atomic E-state index is 0.143. The van der Waals surface area contributed by atoms with E-state index < -0.39 is 0 Å². The molecule has 132 valence electrons. The molecular weight excluding hydrogens is 326 g/mol. The first-order valence-electron chi connectivity index (χ1n) is 8.78. The lowest BCUT2D eigenvalue weighted by Gasteiger charge is -2.16. The Kier molecular flexibility index (Phi) is 4.39. The van der Waals surface area contributed by atoms with Gasteiger partial charge in [-0.05, 0) is 36.8 Å². The second-order valence-corrected chi connectivity index (χ2v) is 6.55. The van der Waals surface area contributed by atoms with Gasteiger partial charge in [0.05, 0.1) is 5.52 Å². The predicted octanol–water partition coefficient (Wildman–Crippen LogP) is 3.41. The maximum absolute atomic E-state index is 11.4. The van der Waals surface area contributed by atoms with Crippen LogP contribution in [0, 0.1) is 0 Å². The molecule has 6 heteroatoms. The van der Waals surface area contributed by atoms with Gasteiger partial charge in [-0.2, -0.15) is 0 Å². The second kappa shape index (κ2) is 7.00. The number of rotatable bonds is 4. The summed E-state index contributed by atoms with van der Waals surface area (Å²) in [6.07, 6.45) is 2.80. The molecule has 0 bridgehead atoms. The molecule has 1 aromatic heterocycles. The van der Waals surface area contributed by atoms with Crippen molar-refractivity contribution in [2.45, 2.75) is 19.4 Å². The topological polar surface area (TPSA) is 70.2 Å². The third-order valence-electron chi connectivity index (χ3n) is 4.63. The third kappa shape index (κ3) is 3.59. The summed E-state index contributed by atoms with van der Waals surface area (Å²) in [5, 5.41) is 7.75. The molecule has 1 fully saturated rings. The van der Waals surface area contributed by atoms with Crippen molar-refractivity contribution in [3.8, 4) is 0 Å². The highest BCUT2D eigenvalue weighted by Gasteiger charge is 2.23. The highest BCUT2D eigenvalue weighted by molar-refractivity contribution is 5.79. The first-order chi connectivity index (χ1) is 12.7. The smallest absolute Gasteiger partial charge is 0.227 e. The minimum atomic E-state index is 0.143. The molecule has 3 aromatic rings. The van der Waals surface area contributed by atoms with Crippen LogP contribution in [0.25, 0.3) is 10.9 Å². The molecule has 0 spiro atoms. The molecule has 1 amide bonds. The van der Waals surface area contributed by atoms with E-state index in [-0.39, 0.29) is 5.91 Å². The largest absolute Gasteiger partial charge is 0.380 e. The van der Waals surface area contributed by atoms with Crippen LogP contribution in [-0.2, 0) is 4.79 Å². The van der Waals surface area contributed by atoms with Gasteiger partial charge in [0.15, 0.2) is 0 Å². The molecule has 6 nitrogen and oxygen atoms in total. The average molecular weight is 347 g/mol. The predicted molar refractivity (Wildman–Crippen MR) is 104 cm³/mol. The van der Waals surface area contributed by atoms with E-state index in [9.17, 15) is 4.79 Å². The zero-order valence-corrected chi connectivity index (χ0v) is 14.6. The van der Waals surface area contributed by atoms with E-state index in [1.54, 1.807) is 6.92 Å². The normalized spacial score (nSPS) is 16.7. The van der Waals surface area contributed by atoms with Gasteiger partial charge in [0.25, 0.3) is 0 Å². The van der Waals surface area contributed by atoms with Gasteiger partial charge in [0.2, 0.25) is 11.9 Å². The Morgan fingerprint density at radius 3 is 2.65 bits per heavy atom. The van der Waals surface area contributed by atoms with E-state index in [1.807, 2.05) is 59.6 Å². The standard InChI is InChI=1S/C20H21N5O/c1-14(26)25-11-10-18(13-25)22-16-6-8-17(9-7-16)23-20-21-12-15-4-2-3-5-19(15)24-20/h2-9,12,18,22H,10-11,13H2,1H3,(H,21,23,24). The molecule has 1 unspecified atom stereocenters. The summed E-state index contributed by atoms with van der Waals surface area (Å²) in [5.74, 6) is 0.724. The van der Waals surface area contributed by atoms with Crippen molar-refractivity contribution in [3.63, 3.8) is 0 Å². The Morgan fingerprint density at radius 2 is 1.88 bits per heavy atom. The molecule has 26 heavy (non-hydrogen) atoms. The van der Waals surface area contributed by atoms with E-state index in [2.05, 4.69) is 20.6 Å². The summed E-state index contributed by atoms with van der Waals surface area (Å²) >= 11 is 0. The summed E-state index contributed by atoms with van der Waals surface area (Å²) < 4.78 is 0. The SMILES string of the molecule is CC(=O)N1CCC(Nc2ccc(Nc3ncc4ccccc4n3)cc2)C1. The lowest BCUT2D eigenvalue weighted by atomic mass is 10.2. The van der Waals surface area contributed by atoms with E-state index >= 15 is 0 Å². The second-order valence-electron chi connectivity index (χ2n) is 6.55. The van der Waals surface area contributed by atoms with Crippen molar-refractivity contribution >= 4 is 34.1 Å². The fraction of sp³-hybridized carbons (Fsp3) is 0.250. The molecule has 1 aliphatic heterocycles. The molecule has 2 aromatic carbocycles. The summed E-state index contributed by atoms with van der Waals surface area (Å²) in [6.45, 7) is 3.21. The minimum Gasteiger partial charge on any atom is -0.380 e. The fourth-order valence-corrected chi connectivity index (χ4v) is 3.21. The zero-order chi connectivity index (χ0) is 17.9. The van der Waals surface area contributed by atoms with Crippen LogP contribution in [0.1, 0.15) is 13.3 Å². The third-order valence-corrected chi connectivity index (χ3v) is 4.63. The van der Waals surface area contributed by atoms with Crippen molar-refractivity contribution in [2.24, 2.45) is 0 Å². The van der Waals surface area contributed by atoms with Crippen LogP contribution in [0.5, 0.6) is 0 Å². The van der Waals surface area contributed by atoms with Gasteiger partial charge in [-0.15, -0.1) is 0 Å². The van der Waals surface area contributed by atoms with Crippen molar-refractivity contribution in [1.29, 1.82) is 0 Å². The van der Waals surface area contributed by atoms with Gasteiger partial charge in [0.1, 0.15) is 0 Å². The van der Waals surface area contributed by atoms with E-state index in [0.717, 1.165) is 41.8 Å². The molecule has 4 rings (SSSR count). The summed E-state index contributed by atoms with van der Waals surface area (Å²) in [6, 6.07) is 16.3. The number of likely N-dealkylation sites (tertiary alicyclic amines) is 1. The molecule has 2 N–H and O–H groups in total. The lowest BCUT2D eigenvalue weighted by molar-refractivity contribution is -0.127. The molecule has 0 aliphatic carbocycles. The fourth-order valence-electron chi connectivity index (χ4n) is 3.21. The van der Waals surface area contributed by atoms with Crippen molar-refractivity contribution < 1.29 is 4.79 Å². The number of nitrogens with zero attached hydrogens (tertiary/aromatic N) is 3. The summed E-state index contributed by atoms with van der Waals surface area (Å²) in [5.41, 5.74) is 2.90. The number of carbonyl (C=O) groups is 1. The zero-order valence-electron chi connectivity index (χ0n) is 14.6. The number of nitrogens with one attached hydrogen (secondary N) is 2. The van der Waals surface area contributed by atoms with Crippen LogP contribution in [0.15, 0.2) is 54.7 Å². The Morgan fingerprint density at radius 1 is 1.12 bits per heavy atom. The lowest BCUT2D eigenvalue weighted by Crippen LogP contribution is -2.29. The van der Waals surface area contributed by atoms with Crippen molar-refractivity contribution in [3.05, 3.63) is 54.7 Å². The number of aromatic nitrogens is 2. The van der Waals surface area contributed by atoms with Gasteiger partial charge >= 0.3 is 0 Å². The van der Waals surface area contributed by atoms with Gasteiger partial charge in [0, 0.05) is 49.0 Å². The first-order valence-corrected chi connectivity index (χ1v) is 8.78. The number of amides is 1. The summed E-state index contributed by atoms with van der Waals surface area (Å²) in [4.78, 5) is 22.2. The number of fused-ring (bicyclic) bond motifs is 1. The van der Waals surface area contributed by atoms with Crippen LogP contribution in [0.2, 0.25) is 0 Å². The quantitative estimate of drug-likeness (QED) is 0.757. The van der Waals surface area contributed by atoms with Gasteiger partial charge in [-0.25, -0.2) is 9.97 Å². The number of anilines is 3. The van der Waals surface area contributed by atoms with Crippen LogP contribution >= 0.6 is 0 Å². The molecule has 0 saturated carbocycles. The Hall–Kier alpha value is -3.15. The Bertz CT molecular complexity index is 925. The van der Waals surface area contributed by atoms with Crippen LogP contribution < -0.4 is 10.6 Å². The molecule has 2 heterocycles. The number of hydrogen-bond donors (Lipinski definition) is 2. The molecule has 1 aliphatic rings. The highest BCUT2D eigenvalue weighted by atomic mass is 16.2.